The molecule has 162 valence electrons. The van der Waals surface area contributed by atoms with Crippen LogP contribution < -0.4 is 14.2 Å². The largest absolute Gasteiger partial charge is 0.494 e. The van der Waals surface area contributed by atoms with E-state index >= 15 is 0 Å². The van der Waals surface area contributed by atoms with Gasteiger partial charge in [0.05, 0.1) is 16.4 Å². The summed E-state index contributed by atoms with van der Waals surface area (Å²) in [5, 5.41) is 11.1. The Balaban J connectivity index is 1.69. The lowest BCUT2D eigenvalue weighted by Crippen LogP contribution is -2.23. The van der Waals surface area contributed by atoms with Gasteiger partial charge in [-0.25, -0.2) is 18.1 Å². The molecular formula is C21H21N3O6S. The maximum atomic E-state index is 12.6. The molecule has 31 heavy (non-hydrogen) atoms. The number of aromatic nitrogens is 1. The first-order valence-corrected chi connectivity index (χ1v) is 10.9. The second-order valence-electron chi connectivity index (χ2n) is 6.54. The van der Waals surface area contributed by atoms with Crippen molar-refractivity contribution in [2.45, 2.75) is 25.3 Å². The molecule has 2 aromatic carbocycles. The van der Waals surface area contributed by atoms with E-state index in [0.717, 1.165) is 11.8 Å². The highest BCUT2D eigenvalue weighted by Crippen LogP contribution is 2.24. The molecule has 0 radical (unpaired) electrons. The number of nitrogens with zero attached hydrogens (tertiary/aromatic N) is 2. The first-order chi connectivity index (χ1) is 14.8. The van der Waals surface area contributed by atoms with Gasteiger partial charge in [-0.3, -0.25) is 10.1 Å². The molecule has 0 aliphatic carbocycles. The second kappa shape index (κ2) is 9.54. The molecule has 0 aliphatic rings. The number of benzene rings is 2. The van der Waals surface area contributed by atoms with Crippen molar-refractivity contribution in [3.05, 3.63) is 82.0 Å². The average Bonchev–Trinajstić information content (AvgIpc) is 2.74. The van der Waals surface area contributed by atoms with Gasteiger partial charge >= 0.3 is 0 Å². The maximum Gasteiger partial charge on any atom is 0.273 e. The Hall–Kier alpha value is -3.50. The molecule has 0 aliphatic heterocycles. The Labute approximate surface area is 179 Å². The molecule has 0 unspecified atom stereocenters. The van der Waals surface area contributed by atoms with E-state index in [-0.39, 0.29) is 17.1 Å². The lowest BCUT2D eigenvalue weighted by Gasteiger charge is -2.10. The zero-order valence-corrected chi connectivity index (χ0v) is 17.8. The van der Waals surface area contributed by atoms with E-state index in [9.17, 15) is 18.5 Å². The van der Waals surface area contributed by atoms with Crippen molar-refractivity contribution in [3.8, 4) is 17.4 Å². The number of hydrogen-bond acceptors (Lipinski definition) is 7. The minimum Gasteiger partial charge on any atom is -0.494 e. The third kappa shape index (κ3) is 5.77. The molecule has 0 fully saturated rings. The van der Waals surface area contributed by atoms with Crippen molar-refractivity contribution in [1.29, 1.82) is 0 Å². The third-order valence-corrected chi connectivity index (χ3v) is 5.71. The Morgan fingerprint density at radius 1 is 1.06 bits per heavy atom. The first kappa shape index (κ1) is 22.2. The summed E-state index contributed by atoms with van der Waals surface area (Å²) in [5.74, 6) is 1.58. The average molecular weight is 443 g/mol. The molecule has 10 heteroatoms. The van der Waals surface area contributed by atoms with Crippen LogP contribution in [-0.2, 0) is 16.6 Å². The number of hydrogen-bond donors (Lipinski definition) is 1. The highest BCUT2D eigenvalue weighted by atomic mass is 32.2. The maximum absolute atomic E-state index is 12.6. The van der Waals surface area contributed by atoms with Gasteiger partial charge in [-0.15, -0.1) is 0 Å². The van der Waals surface area contributed by atoms with Gasteiger partial charge in [0.25, 0.3) is 5.69 Å². The first-order valence-electron chi connectivity index (χ1n) is 9.39. The molecule has 1 N–H and O–H groups in total. The number of rotatable bonds is 9. The van der Waals surface area contributed by atoms with Gasteiger partial charge < -0.3 is 9.47 Å². The van der Waals surface area contributed by atoms with Crippen LogP contribution in [0.5, 0.6) is 17.4 Å². The van der Waals surface area contributed by atoms with Crippen LogP contribution in [0.2, 0.25) is 0 Å². The summed E-state index contributed by atoms with van der Waals surface area (Å²) < 4.78 is 38.6. The Morgan fingerprint density at radius 3 is 2.45 bits per heavy atom. The fourth-order valence-electron chi connectivity index (χ4n) is 2.72. The van der Waals surface area contributed by atoms with E-state index in [2.05, 4.69) is 9.71 Å². The van der Waals surface area contributed by atoms with E-state index in [4.69, 9.17) is 9.47 Å². The second-order valence-corrected chi connectivity index (χ2v) is 8.31. The molecule has 1 aromatic heterocycles. The molecule has 0 bridgehead atoms. The Morgan fingerprint density at radius 2 is 1.77 bits per heavy atom. The summed E-state index contributed by atoms with van der Waals surface area (Å²) in [6.45, 7) is 3.97. The fraction of sp³-hybridized carbons (Fsp3) is 0.190. The van der Waals surface area contributed by atoms with Crippen molar-refractivity contribution < 1.29 is 22.8 Å². The number of aryl methyl sites for hydroxylation is 1. The zero-order valence-electron chi connectivity index (χ0n) is 16.9. The number of nitro groups is 1. The molecule has 0 saturated heterocycles. The van der Waals surface area contributed by atoms with E-state index < -0.39 is 14.9 Å². The molecule has 3 rings (SSSR count). The highest BCUT2D eigenvalue weighted by Gasteiger charge is 2.19. The summed E-state index contributed by atoms with van der Waals surface area (Å²) in [7, 11) is -3.94. The van der Waals surface area contributed by atoms with Crippen molar-refractivity contribution in [2.75, 3.05) is 6.61 Å². The quantitative estimate of drug-likeness (QED) is 0.392. The van der Waals surface area contributed by atoms with Gasteiger partial charge in [0.15, 0.2) is 0 Å². The van der Waals surface area contributed by atoms with Crippen molar-refractivity contribution in [3.63, 3.8) is 0 Å². The van der Waals surface area contributed by atoms with Gasteiger partial charge in [0, 0.05) is 30.4 Å². The number of pyridine rings is 1. The standard InChI is InChI=1S/C21H21N3O6S/c1-3-29-17-5-7-18(8-6-17)30-21-12-16(10-11-22-21)14-23-31(27,28)19-9-4-15(2)20(13-19)24(25)26/h4-13,23H,3,14H2,1-2H3. The molecule has 0 atom stereocenters. The van der Waals surface area contributed by atoms with Gasteiger partial charge in [-0.2, -0.15) is 0 Å². The number of nitro benzene ring substituents is 1. The summed E-state index contributed by atoms with van der Waals surface area (Å²) in [5.41, 5.74) is 0.744. The summed E-state index contributed by atoms with van der Waals surface area (Å²) in [6, 6.07) is 14.1. The van der Waals surface area contributed by atoms with Crippen LogP contribution in [0.4, 0.5) is 5.69 Å². The van der Waals surface area contributed by atoms with E-state index in [0.29, 0.717) is 29.4 Å². The van der Waals surface area contributed by atoms with Crippen molar-refractivity contribution in [1.82, 2.24) is 9.71 Å². The van der Waals surface area contributed by atoms with E-state index in [1.165, 1.54) is 18.3 Å². The molecule has 0 spiro atoms. The van der Waals surface area contributed by atoms with Gasteiger partial charge in [0.2, 0.25) is 15.9 Å². The van der Waals surface area contributed by atoms with Gasteiger partial charge in [-0.05, 0) is 55.8 Å². The third-order valence-electron chi connectivity index (χ3n) is 4.31. The van der Waals surface area contributed by atoms with Crippen LogP contribution >= 0.6 is 0 Å². The number of ether oxygens (including phenoxy) is 2. The minimum absolute atomic E-state index is 0.0356. The molecule has 0 saturated carbocycles. The van der Waals surface area contributed by atoms with Crippen LogP contribution in [0.15, 0.2) is 65.7 Å². The SMILES string of the molecule is CCOc1ccc(Oc2cc(CNS(=O)(=O)c3ccc(C)c([N+](=O)[O-])c3)ccn2)cc1. The predicted molar refractivity (Wildman–Crippen MR) is 114 cm³/mol. The summed E-state index contributed by atoms with van der Waals surface area (Å²) in [6.07, 6.45) is 1.50. The summed E-state index contributed by atoms with van der Waals surface area (Å²) >= 11 is 0. The molecule has 1 heterocycles. The molecule has 0 amide bonds. The molecule has 3 aromatic rings. The minimum atomic E-state index is -3.94. The predicted octanol–water partition coefficient (Wildman–Crippen LogP) is 3.97. The topological polar surface area (TPSA) is 121 Å². The van der Waals surface area contributed by atoms with E-state index in [1.807, 2.05) is 6.92 Å². The molecular weight excluding hydrogens is 422 g/mol. The Kier molecular flexibility index (Phi) is 6.83. The van der Waals surface area contributed by atoms with Crippen LogP contribution in [-0.4, -0.2) is 24.9 Å². The van der Waals surface area contributed by atoms with Crippen LogP contribution in [0.25, 0.3) is 0 Å². The van der Waals surface area contributed by atoms with E-state index in [1.54, 1.807) is 43.3 Å². The number of sulfonamides is 1. The molecule has 9 nitrogen and oxygen atoms in total. The van der Waals surface area contributed by atoms with Crippen LogP contribution in [0.1, 0.15) is 18.1 Å². The summed E-state index contributed by atoms with van der Waals surface area (Å²) in [4.78, 5) is 14.4. The Bertz CT molecular complexity index is 1180. The lowest BCUT2D eigenvalue weighted by molar-refractivity contribution is -0.385. The highest BCUT2D eigenvalue weighted by molar-refractivity contribution is 7.89. The zero-order chi connectivity index (χ0) is 22.4. The normalized spacial score (nSPS) is 11.2. The van der Waals surface area contributed by atoms with Crippen molar-refractivity contribution >= 4 is 15.7 Å². The van der Waals surface area contributed by atoms with Gasteiger partial charge in [-0.1, -0.05) is 6.07 Å². The monoisotopic (exact) mass is 443 g/mol. The number of nitrogens with one attached hydrogen (secondary N) is 1. The van der Waals surface area contributed by atoms with Crippen molar-refractivity contribution in [2.24, 2.45) is 0 Å². The van der Waals surface area contributed by atoms with Crippen LogP contribution in [0.3, 0.4) is 0 Å². The fourth-order valence-corrected chi connectivity index (χ4v) is 3.76. The van der Waals surface area contributed by atoms with Crippen LogP contribution in [0, 0.1) is 17.0 Å². The lowest BCUT2D eigenvalue weighted by atomic mass is 10.2. The smallest absolute Gasteiger partial charge is 0.273 e. The van der Waals surface area contributed by atoms with Gasteiger partial charge in [0.1, 0.15) is 11.5 Å².